The molecule has 1 N–H and O–H groups in total. The van der Waals surface area contributed by atoms with E-state index in [4.69, 9.17) is 0 Å². The van der Waals surface area contributed by atoms with E-state index in [2.05, 4.69) is 67.1 Å². The molecule has 5 aromatic rings. The number of hydrogen-bond acceptors (Lipinski definition) is 7. The molecule has 0 spiro atoms. The molecular formula is C29H28FN7O. The van der Waals surface area contributed by atoms with E-state index in [1.165, 1.54) is 17.7 Å². The molecule has 4 heterocycles. The first kappa shape index (κ1) is 24.0. The number of nitrogens with zero attached hydrogens (tertiary/aromatic N) is 7. The van der Waals surface area contributed by atoms with Crippen molar-refractivity contribution < 1.29 is 9.50 Å². The number of halogens is 1. The standard InChI is InChI=1S/C29H28FN7O/c1-20-3-5-21(6-4-20)22-15-26-27(33-19-34-37(26)18-22)35-11-13-36(14-12-35)28-31-16-24(17-32-28)29(2,38)23-7-9-25(30)10-8-23/h3-10,15-19,38H,11-14H2,1-2H3. The molecule has 8 nitrogen and oxygen atoms in total. The third kappa shape index (κ3) is 4.45. The normalized spacial score (nSPS) is 15.6. The first-order chi connectivity index (χ1) is 18.4. The van der Waals surface area contributed by atoms with Gasteiger partial charge in [0.2, 0.25) is 5.95 Å². The van der Waals surface area contributed by atoms with Crippen LogP contribution in [-0.2, 0) is 5.60 Å². The van der Waals surface area contributed by atoms with Gasteiger partial charge in [-0.05, 0) is 43.2 Å². The van der Waals surface area contributed by atoms with Crippen molar-refractivity contribution >= 4 is 17.3 Å². The van der Waals surface area contributed by atoms with Crippen LogP contribution in [-0.4, -0.2) is 55.9 Å². The lowest BCUT2D eigenvalue weighted by atomic mass is 9.90. The maximum Gasteiger partial charge on any atom is 0.225 e. The van der Waals surface area contributed by atoms with Crippen LogP contribution in [0, 0.1) is 12.7 Å². The molecule has 38 heavy (non-hydrogen) atoms. The van der Waals surface area contributed by atoms with E-state index in [0.717, 1.165) is 48.6 Å². The Labute approximate surface area is 220 Å². The van der Waals surface area contributed by atoms with E-state index < -0.39 is 5.60 Å². The number of fused-ring (bicyclic) bond motifs is 1. The van der Waals surface area contributed by atoms with Crippen LogP contribution in [0.15, 0.2) is 79.5 Å². The second-order valence-electron chi connectivity index (χ2n) is 9.83. The summed E-state index contributed by atoms with van der Waals surface area (Å²) in [6.45, 7) is 6.73. The van der Waals surface area contributed by atoms with Gasteiger partial charge in [-0.15, -0.1) is 0 Å². The van der Waals surface area contributed by atoms with Gasteiger partial charge in [0.05, 0.1) is 0 Å². The molecule has 6 rings (SSSR count). The molecule has 1 fully saturated rings. The van der Waals surface area contributed by atoms with Crippen molar-refractivity contribution in [1.29, 1.82) is 0 Å². The van der Waals surface area contributed by atoms with Crippen LogP contribution in [0.2, 0.25) is 0 Å². The minimum atomic E-state index is -1.32. The van der Waals surface area contributed by atoms with Crippen LogP contribution in [0.3, 0.4) is 0 Å². The van der Waals surface area contributed by atoms with E-state index in [9.17, 15) is 9.50 Å². The SMILES string of the molecule is Cc1ccc(-c2cc3c(N4CCN(c5ncc(C(C)(O)c6ccc(F)cc6)cn5)CC4)ncnn3c2)cc1. The van der Waals surface area contributed by atoms with E-state index in [-0.39, 0.29) is 5.82 Å². The van der Waals surface area contributed by atoms with E-state index in [0.29, 0.717) is 17.1 Å². The number of piperazine rings is 1. The Morgan fingerprint density at radius 3 is 2.16 bits per heavy atom. The molecule has 0 aliphatic carbocycles. The van der Waals surface area contributed by atoms with Crippen molar-refractivity contribution in [2.75, 3.05) is 36.0 Å². The van der Waals surface area contributed by atoms with Crippen molar-refractivity contribution in [1.82, 2.24) is 24.6 Å². The summed E-state index contributed by atoms with van der Waals surface area (Å²) < 4.78 is 15.2. The lowest BCUT2D eigenvalue weighted by molar-refractivity contribution is 0.101. The Morgan fingerprint density at radius 1 is 0.816 bits per heavy atom. The number of anilines is 2. The molecule has 0 amide bonds. The van der Waals surface area contributed by atoms with Crippen LogP contribution >= 0.6 is 0 Å². The molecule has 1 atom stereocenters. The topological polar surface area (TPSA) is 82.7 Å². The molecule has 0 bridgehead atoms. The molecular weight excluding hydrogens is 481 g/mol. The zero-order valence-electron chi connectivity index (χ0n) is 21.3. The molecule has 192 valence electrons. The quantitative estimate of drug-likeness (QED) is 0.380. The first-order valence-corrected chi connectivity index (χ1v) is 12.6. The Bertz CT molecular complexity index is 1560. The summed E-state index contributed by atoms with van der Waals surface area (Å²) in [6.07, 6.45) is 6.92. The molecule has 9 heteroatoms. The number of benzene rings is 2. The zero-order valence-corrected chi connectivity index (χ0v) is 21.3. The minimum Gasteiger partial charge on any atom is -0.381 e. The largest absolute Gasteiger partial charge is 0.381 e. The van der Waals surface area contributed by atoms with Gasteiger partial charge in [0.25, 0.3) is 0 Å². The molecule has 1 unspecified atom stereocenters. The fourth-order valence-corrected chi connectivity index (χ4v) is 4.86. The summed E-state index contributed by atoms with van der Waals surface area (Å²) in [5, 5.41) is 15.5. The van der Waals surface area contributed by atoms with E-state index in [1.54, 1.807) is 37.8 Å². The summed E-state index contributed by atoms with van der Waals surface area (Å²) in [5.74, 6) is 1.17. The predicted molar refractivity (Wildman–Crippen MR) is 145 cm³/mol. The van der Waals surface area contributed by atoms with Gasteiger partial charge in [0.15, 0.2) is 5.82 Å². The minimum absolute atomic E-state index is 0.346. The highest BCUT2D eigenvalue weighted by Gasteiger charge is 2.28. The maximum absolute atomic E-state index is 13.3. The van der Waals surface area contributed by atoms with Crippen molar-refractivity contribution in [3.63, 3.8) is 0 Å². The molecule has 0 saturated carbocycles. The highest BCUT2D eigenvalue weighted by Crippen LogP contribution is 2.30. The number of aliphatic hydroxyl groups is 1. The monoisotopic (exact) mass is 509 g/mol. The summed E-state index contributed by atoms with van der Waals surface area (Å²) in [5.41, 5.74) is 4.26. The van der Waals surface area contributed by atoms with E-state index >= 15 is 0 Å². The Hall–Kier alpha value is -4.37. The fraction of sp³-hybridized carbons (Fsp3) is 0.241. The second-order valence-corrected chi connectivity index (χ2v) is 9.83. The smallest absolute Gasteiger partial charge is 0.225 e. The average molecular weight is 510 g/mol. The predicted octanol–water partition coefficient (Wildman–Crippen LogP) is 4.22. The summed E-state index contributed by atoms with van der Waals surface area (Å²) in [7, 11) is 0. The molecule has 1 saturated heterocycles. The van der Waals surface area contributed by atoms with Gasteiger partial charge in [-0.3, -0.25) is 0 Å². The van der Waals surface area contributed by atoms with Crippen LogP contribution in [0.1, 0.15) is 23.6 Å². The molecule has 1 aliphatic rings. The van der Waals surface area contributed by atoms with Crippen LogP contribution in [0.5, 0.6) is 0 Å². The highest BCUT2D eigenvalue weighted by molar-refractivity contribution is 5.77. The van der Waals surface area contributed by atoms with Crippen molar-refractivity contribution in [2.24, 2.45) is 0 Å². The van der Waals surface area contributed by atoms with Gasteiger partial charge >= 0.3 is 0 Å². The van der Waals surface area contributed by atoms with Gasteiger partial charge in [0.1, 0.15) is 23.3 Å². The maximum atomic E-state index is 13.3. The van der Waals surface area contributed by atoms with Gasteiger partial charge < -0.3 is 14.9 Å². The fourth-order valence-electron chi connectivity index (χ4n) is 4.86. The van der Waals surface area contributed by atoms with Gasteiger partial charge in [-0.25, -0.2) is 23.9 Å². The summed E-state index contributed by atoms with van der Waals surface area (Å²) in [4.78, 5) is 18.1. The summed E-state index contributed by atoms with van der Waals surface area (Å²) in [6, 6.07) is 16.4. The Balaban J connectivity index is 1.16. The first-order valence-electron chi connectivity index (χ1n) is 12.6. The lowest BCUT2D eigenvalue weighted by Gasteiger charge is -2.35. The number of hydrogen-bond donors (Lipinski definition) is 1. The molecule has 2 aromatic carbocycles. The van der Waals surface area contributed by atoms with Crippen LogP contribution in [0.25, 0.3) is 16.6 Å². The Kier molecular flexibility index (Phi) is 6.00. The third-order valence-electron chi connectivity index (χ3n) is 7.24. The molecule has 0 radical (unpaired) electrons. The highest BCUT2D eigenvalue weighted by atomic mass is 19.1. The molecule has 1 aliphatic heterocycles. The van der Waals surface area contributed by atoms with Crippen molar-refractivity contribution in [3.8, 4) is 11.1 Å². The van der Waals surface area contributed by atoms with Gasteiger partial charge in [-0.2, -0.15) is 5.10 Å². The molecule has 3 aromatic heterocycles. The number of aromatic nitrogens is 5. The van der Waals surface area contributed by atoms with Crippen molar-refractivity contribution in [2.45, 2.75) is 19.4 Å². The van der Waals surface area contributed by atoms with Crippen LogP contribution in [0.4, 0.5) is 16.2 Å². The second kappa shape index (κ2) is 9.50. The average Bonchev–Trinajstić information content (AvgIpc) is 3.38. The van der Waals surface area contributed by atoms with Crippen molar-refractivity contribution in [3.05, 3.63) is 102 Å². The zero-order chi connectivity index (χ0) is 26.3. The number of rotatable bonds is 5. The number of aryl methyl sites for hydroxylation is 1. The van der Waals surface area contributed by atoms with Gasteiger partial charge in [0, 0.05) is 55.9 Å². The lowest BCUT2D eigenvalue weighted by Crippen LogP contribution is -2.47. The van der Waals surface area contributed by atoms with E-state index in [1.807, 2.05) is 10.7 Å². The van der Waals surface area contributed by atoms with Gasteiger partial charge in [-0.1, -0.05) is 42.0 Å². The Morgan fingerprint density at radius 2 is 1.47 bits per heavy atom. The third-order valence-corrected chi connectivity index (χ3v) is 7.24. The van der Waals surface area contributed by atoms with Crippen LogP contribution < -0.4 is 9.80 Å². The summed E-state index contributed by atoms with van der Waals surface area (Å²) >= 11 is 0.